The number of anilines is 2. The number of oxime groups is 1. The van der Waals surface area contributed by atoms with Crippen LogP contribution in [0.25, 0.3) is 0 Å². The molecule has 0 fully saturated rings. The highest BCUT2D eigenvalue weighted by Crippen LogP contribution is 2.31. The Bertz CT molecular complexity index is 722. The van der Waals surface area contributed by atoms with E-state index in [1.54, 1.807) is 25.1 Å². The van der Waals surface area contributed by atoms with Crippen molar-refractivity contribution in [3.05, 3.63) is 18.2 Å². The summed E-state index contributed by atoms with van der Waals surface area (Å²) in [6.45, 7) is 8.99. The lowest BCUT2D eigenvalue weighted by molar-refractivity contribution is -0.135. The van der Waals surface area contributed by atoms with Gasteiger partial charge in [-0.05, 0) is 26.0 Å². The summed E-state index contributed by atoms with van der Waals surface area (Å²) in [5.41, 5.74) is 0.323. The lowest BCUT2D eigenvalue weighted by Gasteiger charge is -2.21. The summed E-state index contributed by atoms with van der Waals surface area (Å²) in [5, 5.41) is 9.47. The van der Waals surface area contributed by atoms with Crippen LogP contribution in [0.15, 0.2) is 23.4 Å². The molecular weight excluding hydrogens is 322 g/mol. The van der Waals surface area contributed by atoms with Crippen molar-refractivity contribution in [2.75, 3.05) is 17.7 Å². The van der Waals surface area contributed by atoms with E-state index in [1.165, 1.54) is 7.11 Å². The highest BCUT2D eigenvalue weighted by molar-refractivity contribution is 6.02. The molecule has 0 saturated heterocycles. The van der Waals surface area contributed by atoms with E-state index in [1.807, 2.05) is 27.7 Å². The van der Waals surface area contributed by atoms with Crippen LogP contribution in [0.1, 0.15) is 41.0 Å². The van der Waals surface area contributed by atoms with E-state index in [0.717, 1.165) is 5.71 Å². The van der Waals surface area contributed by atoms with E-state index in [4.69, 9.17) is 9.57 Å². The van der Waals surface area contributed by atoms with E-state index in [0.29, 0.717) is 23.5 Å². The summed E-state index contributed by atoms with van der Waals surface area (Å²) >= 11 is 0. The van der Waals surface area contributed by atoms with Crippen molar-refractivity contribution in [1.29, 1.82) is 0 Å². The lowest BCUT2D eigenvalue weighted by atomic mass is 9.95. The van der Waals surface area contributed by atoms with Gasteiger partial charge in [-0.25, -0.2) is 0 Å². The van der Waals surface area contributed by atoms with E-state index in [-0.39, 0.29) is 11.8 Å². The first-order chi connectivity index (χ1) is 11.5. The molecule has 1 aromatic carbocycles. The molecule has 1 atom stereocenters. The number of amides is 2. The topological polar surface area (TPSA) is 89.0 Å². The van der Waals surface area contributed by atoms with Crippen LogP contribution in [0, 0.1) is 5.41 Å². The number of ether oxygens (including phenoxy) is 1. The van der Waals surface area contributed by atoms with Crippen molar-refractivity contribution in [1.82, 2.24) is 0 Å². The Labute approximate surface area is 147 Å². The molecule has 0 saturated carbocycles. The summed E-state index contributed by atoms with van der Waals surface area (Å²) in [6, 6.07) is 5.05. The number of benzene rings is 1. The standard InChI is InChI=1S/C18H25N3O4/c1-11-10-18(5,25-21-11)16(23)19-12-7-8-13(14(9-12)24-6)20-15(22)17(2,3)4/h7-9H,10H2,1-6H3,(H,19,23)(H,20,22)/t18-/m1/s1. The highest BCUT2D eigenvalue weighted by atomic mass is 16.7. The molecule has 0 unspecified atom stereocenters. The van der Waals surface area contributed by atoms with Crippen LogP contribution in [0.3, 0.4) is 0 Å². The Morgan fingerprint density at radius 1 is 1.28 bits per heavy atom. The second-order valence-electron chi connectivity index (χ2n) is 7.40. The second-order valence-corrected chi connectivity index (χ2v) is 7.40. The van der Waals surface area contributed by atoms with Gasteiger partial charge in [-0.2, -0.15) is 0 Å². The van der Waals surface area contributed by atoms with Gasteiger partial charge in [0, 0.05) is 23.6 Å². The number of carbonyl (C=O) groups is 2. The zero-order valence-corrected chi connectivity index (χ0v) is 15.5. The van der Waals surface area contributed by atoms with Crippen molar-refractivity contribution in [3.8, 4) is 5.75 Å². The van der Waals surface area contributed by atoms with Gasteiger partial charge in [0.2, 0.25) is 11.5 Å². The number of methoxy groups -OCH3 is 1. The third-order valence-corrected chi connectivity index (χ3v) is 3.87. The predicted octanol–water partition coefficient (Wildman–Crippen LogP) is 3.17. The van der Waals surface area contributed by atoms with Crippen LogP contribution in [-0.2, 0) is 14.4 Å². The maximum absolute atomic E-state index is 12.5. The third kappa shape index (κ3) is 4.29. The fourth-order valence-corrected chi connectivity index (χ4v) is 2.30. The van der Waals surface area contributed by atoms with Crippen molar-refractivity contribution in [2.24, 2.45) is 10.6 Å². The van der Waals surface area contributed by atoms with Gasteiger partial charge in [-0.15, -0.1) is 0 Å². The Hall–Kier alpha value is -2.57. The fraction of sp³-hybridized carbons (Fsp3) is 0.500. The average molecular weight is 347 g/mol. The first kappa shape index (κ1) is 18.8. The summed E-state index contributed by atoms with van der Waals surface area (Å²) in [6.07, 6.45) is 0.440. The zero-order valence-electron chi connectivity index (χ0n) is 15.5. The molecule has 7 heteroatoms. The predicted molar refractivity (Wildman–Crippen MR) is 96.9 cm³/mol. The van der Waals surface area contributed by atoms with Gasteiger partial charge in [0.15, 0.2) is 0 Å². The van der Waals surface area contributed by atoms with Gasteiger partial charge in [0.25, 0.3) is 5.91 Å². The molecule has 2 rings (SSSR count). The fourth-order valence-electron chi connectivity index (χ4n) is 2.30. The van der Waals surface area contributed by atoms with E-state index < -0.39 is 11.0 Å². The second kappa shape index (κ2) is 6.74. The Morgan fingerprint density at radius 3 is 2.48 bits per heavy atom. The normalized spacial score (nSPS) is 19.7. The summed E-state index contributed by atoms with van der Waals surface area (Å²) in [4.78, 5) is 29.8. The molecular formula is C18H25N3O4. The molecule has 1 heterocycles. The quantitative estimate of drug-likeness (QED) is 0.875. The number of nitrogens with zero attached hydrogens (tertiary/aromatic N) is 1. The van der Waals surface area contributed by atoms with Gasteiger partial charge in [0.05, 0.1) is 18.5 Å². The van der Waals surface area contributed by atoms with E-state index in [9.17, 15) is 9.59 Å². The Kier molecular flexibility index (Phi) is 5.06. The number of nitrogens with one attached hydrogen (secondary N) is 2. The van der Waals surface area contributed by atoms with Crippen LogP contribution in [0.2, 0.25) is 0 Å². The first-order valence-electron chi connectivity index (χ1n) is 8.08. The van der Waals surface area contributed by atoms with Crippen LogP contribution in [0.4, 0.5) is 11.4 Å². The van der Waals surface area contributed by atoms with Crippen molar-refractivity contribution >= 4 is 28.9 Å². The molecule has 136 valence electrons. The first-order valence-corrected chi connectivity index (χ1v) is 8.08. The number of carbonyl (C=O) groups excluding carboxylic acids is 2. The van der Waals surface area contributed by atoms with E-state index >= 15 is 0 Å². The Morgan fingerprint density at radius 2 is 1.96 bits per heavy atom. The molecule has 0 radical (unpaired) electrons. The van der Waals surface area contributed by atoms with Crippen LogP contribution in [0.5, 0.6) is 5.75 Å². The molecule has 1 aliphatic rings. The molecule has 25 heavy (non-hydrogen) atoms. The SMILES string of the molecule is COc1cc(NC(=O)[C@@]2(C)CC(C)=NO2)ccc1NC(=O)C(C)(C)C. The monoisotopic (exact) mass is 347 g/mol. The van der Waals surface area contributed by atoms with Crippen molar-refractivity contribution in [2.45, 2.75) is 46.6 Å². The van der Waals surface area contributed by atoms with E-state index in [2.05, 4.69) is 15.8 Å². The number of hydrogen-bond donors (Lipinski definition) is 2. The van der Waals surface area contributed by atoms with Crippen LogP contribution < -0.4 is 15.4 Å². The maximum atomic E-state index is 12.5. The van der Waals surface area contributed by atoms with Gasteiger partial charge in [-0.3, -0.25) is 9.59 Å². The van der Waals surface area contributed by atoms with Gasteiger partial charge < -0.3 is 20.2 Å². The van der Waals surface area contributed by atoms with Gasteiger partial charge in [0.1, 0.15) is 5.75 Å². The maximum Gasteiger partial charge on any atom is 0.271 e. The summed E-state index contributed by atoms with van der Waals surface area (Å²) in [7, 11) is 1.51. The third-order valence-electron chi connectivity index (χ3n) is 3.87. The van der Waals surface area contributed by atoms with Gasteiger partial charge in [-0.1, -0.05) is 25.9 Å². The summed E-state index contributed by atoms with van der Waals surface area (Å²) in [5.74, 6) is 0.0454. The van der Waals surface area contributed by atoms with Gasteiger partial charge >= 0.3 is 0 Å². The minimum absolute atomic E-state index is 0.123. The lowest BCUT2D eigenvalue weighted by Crippen LogP contribution is -2.40. The van der Waals surface area contributed by atoms with Crippen molar-refractivity contribution in [3.63, 3.8) is 0 Å². The molecule has 2 amide bonds. The number of rotatable bonds is 4. The minimum atomic E-state index is -1.02. The molecule has 1 aromatic rings. The molecule has 0 spiro atoms. The molecule has 1 aliphatic heterocycles. The van der Waals surface area contributed by atoms with Crippen LogP contribution in [-0.4, -0.2) is 30.2 Å². The molecule has 2 N–H and O–H groups in total. The largest absolute Gasteiger partial charge is 0.494 e. The highest BCUT2D eigenvalue weighted by Gasteiger charge is 2.40. The Balaban J connectivity index is 2.13. The van der Waals surface area contributed by atoms with Crippen molar-refractivity contribution < 1.29 is 19.2 Å². The molecule has 0 bridgehead atoms. The zero-order chi connectivity index (χ0) is 18.8. The summed E-state index contributed by atoms with van der Waals surface area (Å²) < 4.78 is 5.33. The molecule has 0 aliphatic carbocycles. The minimum Gasteiger partial charge on any atom is -0.494 e. The smallest absolute Gasteiger partial charge is 0.271 e. The van der Waals surface area contributed by atoms with Crippen LogP contribution >= 0.6 is 0 Å². The molecule has 0 aromatic heterocycles. The number of hydrogen-bond acceptors (Lipinski definition) is 5. The average Bonchev–Trinajstić information content (AvgIpc) is 2.88. The molecule has 7 nitrogen and oxygen atoms in total.